The van der Waals surface area contributed by atoms with Crippen molar-refractivity contribution in [2.45, 2.75) is 37.5 Å². The Hall–Kier alpha value is -5.19. The summed E-state index contributed by atoms with van der Waals surface area (Å²) in [5, 5.41) is 15.5. The van der Waals surface area contributed by atoms with Crippen LogP contribution in [0.1, 0.15) is 41.3 Å². The van der Waals surface area contributed by atoms with Crippen molar-refractivity contribution in [3.05, 3.63) is 150 Å². The Morgan fingerprint density at radius 3 is 1.94 bits per heavy atom. The van der Waals surface area contributed by atoms with Gasteiger partial charge in [0.2, 0.25) is 5.91 Å². The molecule has 0 bridgehead atoms. The van der Waals surface area contributed by atoms with E-state index in [1.807, 2.05) is 0 Å². The van der Waals surface area contributed by atoms with Gasteiger partial charge in [0.25, 0.3) is 5.91 Å². The minimum atomic E-state index is -4.14. The zero-order valence-electron chi connectivity index (χ0n) is 26.5. The fourth-order valence-corrected chi connectivity index (χ4v) is 5.16. The van der Waals surface area contributed by atoms with Gasteiger partial charge in [0.15, 0.2) is 0 Å². The predicted molar refractivity (Wildman–Crippen MR) is 179 cm³/mol. The van der Waals surface area contributed by atoms with Crippen molar-refractivity contribution in [2.24, 2.45) is 0 Å². The van der Waals surface area contributed by atoms with Crippen LogP contribution < -0.4 is 10.6 Å². The van der Waals surface area contributed by atoms with Crippen molar-refractivity contribution in [3.63, 3.8) is 0 Å². The van der Waals surface area contributed by atoms with Crippen LogP contribution in [0.25, 0.3) is 6.08 Å². The Morgan fingerprint density at radius 2 is 1.38 bits per heavy atom. The number of hydrogen-bond acceptors (Lipinski definition) is 6. The van der Waals surface area contributed by atoms with Crippen LogP contribution >= 0.6 is 0 Å². The van der Waals surface area contributed by atoms with E-state index in [4.69, 9.17) is 4.74 Å². The molecule has 0 aliphatic heterocycles. The van der Waals surface area contributed by atoms with Crippen molar-refractivity contribution in [1.82, 2.24) is 15.5 Å². The van der Waals surface area contributed by atoms with E-state index in [0.717, 1.165) is 4.90 Å². The van der Waals surface area contributed by atoms with Crippen LogP contribution in [0.15, 0.2) is 127 Å². The average Bonchev–Trinajstić information content (AvgIpc) is 3.12. The number of aliphatic hydroxyl groups is 1. The fraction of sp³-hybridized carbons (Fsp3) is 0.237. The van der Waals surface area contributed by atoms with Gasteiger partial charge in [-0.1, -0.05) is 133 Å². The number of benzene rings is 4. The van der Waals surface area contributed by atoms with Crippen LogP contribution in [0.3, 0.4) is 0 Å². The Morgan fingerprint density at radius 1 is 0.833 bits per heavy atom. The zero-order valence-corrected chi connectivity index (χ0v) is 26.5. The van der Waals surface area contributed by atoms with E-state index >= 15 is 8.78 Å². The Balaban J connectivity index is 1.79. The van der Waals surface area contributed by atoms with Crippen LogP contribution in [-0.2, 0) is 25.7 Å². The predicted octanol–water partition coefficient (Wildman–Crippen LogP) is 5.48. The van der Waals surface area contributed by atoms with Gasteiger partial charge in [0.05, 0.1) is 19.3 Å². The molecule has 10 heteroatoms. The molecule has 0 aromatic heterocycles. The smallest absolute Gasteiger partial charge is 0.343 e. The number of alkyl halides is 2. The van der Waals surface area contributed by atoms with Gasteiger partial charge in [0.1, 0.15) is 18.6 Å². The number of rotatable bonds is 16. The second-order valence-electron chi connectivity index (χ2n) is 10.9. The number of nitrogens with one attached hydrogen (secondary N) is 2. The van der Waals surface area contributed by atoms with Crippen LogP contribution in [0, 0.1) is 0 Å². The molecule has 3 atom stereocenters. The summed E-state index contributed by atoms with van der Waals surface area (Å²) in [4.78, 5) is 41.0. The maximum absolute atomic E-state index is 17.0. The summed E-state index contributed by atoms with van der Waals surface area (Å²) in [5.41, 5.74) is 1.82. The Labute approximate surface area is 279 Å². The summed E-state index contributed by atoms with van der Waals surface area (Å²) in [5.74, 6) is -7.34. The third-order valence-corrected chi connectivity index (χ3v) is 7.58. The quantitative estimate of drug-likeness (QED) is 0.138. The molecular weight excluding hydrogens is 616 g/mol. The summed E-state index contributed by atoms with van der Waals surface area (Å²) in [6.45, 7) is 0.307. The number of ether oxygens (including phenoxy) is 1. The van der Waals surface area contributed by atoms with Gasteiger partial charge in [0, 0.05) is 6.54 Å². The highest BCUT2D eigenvalue weighted by Gasteiger charge is 2.52. The topological polar surface area (TPSA) is 108 Å². The molecule has 0 aliphatic carbocycles. The van der Waals surface area contributed by atoms with Gasteiger partial charge in [-0.25, -0.2) is 0 Å². The molecule has 0 saturated heterocycles. The van der Waals surface area contributed by atoms with E-state index in [2.05, 4.69) is 10.6 Å². The van der Waals surface area contributed by atoms with E-state index in [0.29, 0.717) is 16.7 Å². The number of nitrogens with zero attached hydrogens (tertiary/aromatic N) is 1. The second kappa shape index (κ2) is 17.7. The third kappa shape index (κ3) is 9.66. The molecule has 2 amide bonds. The van der Waals surface area contributed by atoms with Gasteiger partial charge in [-0.2, -0.15) is 8.78 Å². The van der Waals surface area contributed by atoms with Gasteiger partial charge >= 0.3 is 11.9 Å². The first-order valence-electron chi connectivity index (χ1n) is 15.6. The van der Waals surface area contributed by atoms with Crippen LogP contribution in [0.5, 0.6) is 0 Å². The van der Waals surface area contributed by atoms with E-state index in [9.17, 15) is 19.5 Å². The van der Waals surface area contributed by atoms with Crippen molar-refractivity contribution in [3.8, 4) is 0 Å². The lowest BCUT2D eigenvalue weighted by Gasteiger charge is -2.36. The lowest BCUT2D eigenvalue weighted by molar-refractivity contribution is -0.167. The number of carbonyl (C=O) groups excluding carboxylic acids is 3. The number of hydrogen-bond donors (Lipinski definition) is 3. The molecule has 0 radical (unpaired) electrons. The number of aliphatic hydroxyl groups excluding tert-OH is 1. The molecule has 0 spiro atoms. The largest absolute Gasteiger partial charge is 0.465 e. The van der Waals surface area contributed by atoms with Crippen LogP contribution in [0.4, 0.5) is 8.78 Å². The summed E-state index contributed by atoms with van der Waals surface area (Å²) in [6.07, 6.45) is 2.92. The molecule has 4 rings (SSSR count). The molecule has 4 aromatic carbocycles. The minimum absolute atomic E-state index is 0.0859. The highest BCUT2D eigenvalue weighted by Crippen LogP contribution is 2.36. The van der Waals surface area contributed by atoms with Gasteiger partial charge in [-0.15, -0.1) is 0 Å². The lowest BCUT2D eigenvalue weighted by atomic mass is 9.95. The molecule has 250 valence electrons. The first kappa shape index (κ1) is 35.7. The fourth-order valence-electron chi connectivity index (χ4n) is 5.16. The summed E-state index contributed by atoms with van der Waals surface area (Å²) in [6, 6.07) is 29.3. The molecule has 48 heavy (non-hydrogen) atoms. The minimum Gasteiger partial charge on any atom is -0.465 e. The van der Waals surface area contributed by atoms with Crippen molar-refractivity contribution >= 4 is 23.9 Å². The zero-order chi connectivity index (χ0) is 34.4. The Bertz CT molecular complexity index is 1620. The van der Waals surface area contributed by atoms with Crippen molar-refractivity contribution in [2.75, 3.05) is 19.8 Å². The molecule has 0 fully saturated rings. The van der Waals surface area contributed by atoms with E-state index in [1.165, 1.54) is 18.2 Å². The van der Waals surface area contributed by atoms with Gasteiger partial charge in [-0.3, -0.25) is 19.7 Å². The number of amides is 2. The first-order valence-corrected chi connectivity index (χ1v) is 15.6. The van der Waals surface area contributed by atoms with E-state index in [-0.39, 0.29) is 18.7 Å². The standard InChI is InChI=1S/C38H39F2N3O5/c1-2-48-34(45)25-41-36(46)33(24-23-28-15-7-3-8-16-28)43(26-29-17-9-4-10-18-29)37(47)38(39,40)35(31-21-13-6-14-22-31)42-32(27-44)30-19-11-5-12-20-30/h3-24,32-33,35,42,44H,2,25-27H2,1H3,(H,41,46)/b24-23+/t32-,33-,35-/m0/s1. The molecule has 8 nitrogen and oxygen atoms in total. The Kier molecular flexibility index (Phi) is 13.1. The summed E-state index contributed by atoms with van der Waals surface area (Å²) < 4.78 is 38.9. The molecule has 0 heterocycles. The van der Waals surface area contributed by atoms with Crippen molar-refractivity contribution in [1.29, 1.82) is 0 Å². The number of esters is 1. The van der Waals surface area contributed by atoms with Gasteiger partial charge < -0.3 is 20.1 Å². The number of carbonyl (C=O) groups is 3. The average molecular weight is 656 g/mol. The van der Waals surface area contributed by atoms with E-state index in [1.54, 1.807) is 122 Å². The number of halogens is 2. The lowest BCUT2D eigenvalue weighted by Crippen LogP contribution is -2.57. The molecule has 3 N–H and O–H groups in total. The molecule has 0 aliphatic rings. The van der Waals surface area contributed by atoms with Gasteiger partial charge in [-0.05, 0) is 29.2 Å². The van der Waals surface area contributed by atoms with Crippen molar-refractivity contribution < 1.29 is 33.0 Å². The molecular formula is C38H39F2N3O5. The van der Waals surface area contributed by atoms with Crippen LogP contribution in [0.2, 0.25) is 0 Å². The molecule has 4 aromatic rings. The maximum Gasteiger partial charge on any atom is 0.343 e. The normalized spacial score (nSPS) is 13.3. The van der Waals surface area contributed by atoms with Crippen LogP contribution in [-0.4, -0.2) is 59.5 Å². The first-order chi connectivity index (χ1) is 23.2. The third-order valence-electron chi connectivity index (χ3n) is 7.58. The van der Waals surface area contributed by atoms with E-state index < -0.39 is 55.0 Å². The molecule has 0 saturated carbocycles. The summed E-state index contributed by atoms with van der Waals surface area (Å²) >= 11 is 0. The molecule has 0 unspecified atom stereocenters. The SMILES string of the molecule is CCOC(=O)CNC(=O)[C@H](/C=C/c1ccccc1)N(Cc1ccccc1)C(=O)C(F)(F)[C@@H](N[C@@H](CO)c1ccccc1)c1ccccc1. The second-order valence-corrected chi connectivity index (χ2v) is 10.9. The maximum atomic E-state index is 17.0. The highest BCUT2D eigenvalue weighted by molar-refractivity contribution is 5.94. The summed E-state index contributed by atoms with van der Waals surface area (Å²) in [7, 11) is 0. The monoisotopic (exact) mass is 655 g/mol. The highest BCUT2D eigenvalue weighted by atomic mass is 19.3.